The van der Waals surface area contributed by atoms with E-state index in [1.807, 2.05) is 18.2 Å². The lowest BCUT2D eigenvalue weighted by atomic mass is 10.3. The Morgan fingerprint density at radius 3 is 2.33 bits per heavy atom. The molecule has 0 radical (unpaired) electrons. The normalized spacial score (nSPS) is 9.40. The van der Waals surface area contributed by atoms with Gasteiger partial charge >= 0.3 is 0 Å². The Morgan fingerprint density at radius 2 is 1.80 bits per heavy atom. The summed E-state index contributed by atoms with van der Waals surface area (Å²) in [7, 11) is 0. The molecule has 0 atom stereocenters. The van der Waals surface area contributed by atoms with Gasteiger partial charge < -0.3 is 0 Å². The molecule has 0 amide bonds. The van der Waals surface area contributed by atoms with Crippen molar-refractivity contribution in [2.24, 2.45) is 0 Å². The van der Waals surface area contributed by atoms with Crippen molar-refractivity contribution >= 4 is 32.9 Å². The molecule has 0 aliphatic rings. The van der Waals surface area contributed by atoms with Crippen molar-refractivity contribution in [3.8, 4) is 11.5 Å². The molecule has 15 heavy (non-hydrogen) atoms. The number of nitrogens with zero attached hydrogens (tertiary/aromatic N) is 3. The number of halogens is 2. The van der Waals surface area contributed by atoms with E-state index in [1.54, 1.807) is 18.6 Å². The maximum absolute atomic E-state index is 4.22. The van der Waals surface area contributed by atoms with Crippen molar-refractivity contribution in [3.63, 3.8) is 0 Å². The Balaban J connectivity index is 0.00000112. The zero-order valence-electron chi connectivity index (χ0n) is 7.80. The summed E-state index contributed by atoms with van der Waals surface area (Å²) in [4.78, 5) is 12.6. The van der Waals surface area contributed by atoms with Crippen LogP contribution in [0.3, 0.4) is 0 Å². The van der Waals surface area contributed by atoms with Crippen LogP contribution in [-0.2, 0) is 5.33 Å². The highest BCUT2D eigenvalue weighted by Gasteiger charge is 2.00. The van der Waals surface area contributed by atoms with Gasteiger partial charge in [-0.05, 0) is 17.7 Å². The van der Waals surface area contributed by atoms with Gasteiger partial charge in [0.2, 0.25) is 0 Å². The quantitative estimate of drug-likeness (QED) is 0.794. The summed E-state index contributed by atoms with van der Waals surface area (Å²) in [5, 5.41) is 0.773. The fourth-order valence-corrected chi connectivity index (χ4v) is 1.34. The molecule has 78 valence electrons. The van der Waals surface area contributed by atoms with Gasteiger partial charge in [-0.3, -0.25) is 4.98 Å². The van der Waals surface area contributed by atoms with Gasteiger partial charge in [0.15, 0.2) is 5.82 Å². The van der Waals surface area contributed by atoms with Crippen LogP contribution in [0.1, 0.15) is 5.56 Å². The minimum absolute atomic E-state index is 0. The lowest BCUT2D eigenvalue weighted by Crippen LogP contribution is -1.91. The van der Waals surface area contributed by atoms with E-state index in [4.69, 9.17) is 0 Å². The van der Waals surface area contributed by atoms with E-state index in [0.717, 1.165) is 16.6 Å². The highest BCUT2D eigenvalue weighted by atomic mass is 79.9. The summed E-state index contributed by atoms with van der Waals surface area (Å²) in [6.45, 7) is 0. The zero-order chi connectivity index (χ0) is 9.80. The van der Waals surface area contributed by atoms with E-state index >= 15 is 0 Å². The average Bonchev–Trinajstić information content (AvgIpc) is 2.30. The summed E-state index contributed by atoms with van der Waals surface area (Å²) in [6.07, 6.45) is 5.33. The molecule has 2 aromatic rings. The van der Waals surface area contributed by atoms with Gasteiger partial charge in [-0.25, -0.2) is 9.97 Å². The summed E-state index contributed by atoms with van der Waals surface area (Å²) >= 11 is 3.34. The molecule has 0 N–H and O–H groups in total. The van der Waals surface area contributed by atoms with Crippen LogP contribution in [0.2, 0.25) is 0 Å². The fourth-order valence-electron chi connectivity index (χ4n) is 1.05. The number of hydrogen-bond donors (Lipinski definition) is 0. The van der Waals surface area contributed by atoms with Crippen LogP contribution in [0, 0.1) is 0 Å². The molecule has 0 fully saturated rings. The third-order valence-corrected chi connectivity index (χ3v) is 2.40. The van der Waals surface area contributed by atoms with Crippen molar-refractivity contribution in [1.29, 1.82) is 0 Å². The molecule has 0 saturated carbocycles. The molecular formula is C10H9Br2N3. The first-order chi connectivity index (χ1) is 6.90. The summed E-state index contributed by atoms with van der Waals surface area (Å²) in [6, 6.07) is 5.68. The largest absolute Gasteiger partial charge is 0.253 e. The lowest BCUT2D eigenvalue weighted by Gasteiger charge is -1.98. The molecule has 0 unspecified atom stereocenters. The maximum Gasteiger partial charge on any atom is 0.178 e. The molecule has 2 aromatic heterocycles. The van der Waals surface area contributed by atoms with Gasteiger partial charge in [0.05, 0.1) is 0 Å². The zero-order valence-corrected chi connectivity index (χ0v) is 11.1. The molecule has 2 rings (SSSR count). The number of aromatic nitrogens is 3. The van der Waals surface area contributed by atoms with E-state index in [9.17, 15) is 0 Å². The van der Waals surface area contributed by atoms with Gasteiger partial charge in [-0.15, -0.1) is 17.0 Å². The van der Waals surface area contributed by atoms with E-state index < -0.39 is 0 Å². The van der Waals surface area contributed by atoms with E-state index in [0.29, 0.717) is 5.82 Å². The number of alkyl halides is 1. The van der Waals surface area contributed by atoms with Gasteiger partial charge in [0.25, 0.3) is 0 Å². The average molecular weight is 331 g/mol. The summed E-state index contributed by atoms with van der Waals surface area (Å²) in [5.41, 5.74) is 1.86. The van der Waals surface area contributed by atoms with Gasteiger partial charge in [-0.1, -0.05) is 22.0 Å². The fraction of sp³-hybridized carbons (Fsp3) is 0.100. The van der Waals surface area contributed by atoms with Crippen LogP contribution in [-0.4, -0.2) is 15.0 Å². The molecule has 0 aromatic carbocycles. The molecule has 5 heteroatoms. The highest BCUT2D eigenvalue weighted by Crippen LogP contribution is 2.10. The van der Waals surface area contributed by atoms with Crippen LogP contribution in [0.4, 0.5) is 0 Å². The molecule has 0 saturated heterocycles. The smallest absolute Gasteiger partial charge is 0.178 e. The first-order valence-corrected chi connectivity index (χ1v) is 5.30. The van der Waals surface area contributed by atoms with Crippen molar-refractivity contribution in [2.45, 2.75) is 5.33 Å². The van der Waals surface area contributed by atoms with E-state index in [1.165, 1.54) is 0 Å². The number of pyridine rings is 1. The van der Waals surface area contributed by atoms with Crippen LogP contribution < -0.4 is 0 Å². The second kappa shape index (κ2) is 5.92. The SMILES string of the molecule is Br.BrCc1cnc(-c2ccccn2)nc1. The molecule has 0 bridgehead atoms. The minimum atomic E-state index is 0. The second-order valence-corrected chi connectivity index (χ2v) is 3.32. The standard InChI is InChI=1S/C10H8BrN3.BrH/c11-5-8-6-13-10(14-7-8)9-3-1-2-4-12-9;/h1-4,6-7H,5H2;1H. The summed E-state index contributed by atoms with van der Waals surface area (Å²) < 4.78 is 0. The van der Waals surface area contributed by atoms with E-state index in [-0.39, 0.29) is 17.0 Å². The van der Waals surface area contributed by atoms with Crippen molar-refractivity contribution < 1.29 is 0 Å². The third-order valence-electron chi connectivity index (χ3n) is 1.75. The molecule has 0 spiro atoms. The Bertz CT molecular complexity index is 403. The van der Waals surface area contributed by atoms with Crippen LogP contribution in [0.15, 0.2) is 36.8 Å². The van der Waals surface area contributed by atoms with Gasteiger partial charge in [0.1, 0.15) is 5.69 Å². The molecule has 0 aliphatic heterocycles. The Kier molecular flexibility index (Phi) is 4.84. The Morgan fingerprint density at radius 1 is 1.07 bits per heavy atom. The topological polar surface area (TPSA) is 38.7 Å². The van der Waals surface area contributed by atoms with Crippen molar-refractivity contribution in [1.82, 2.24) is 15.0 Å². The second-order valence-electron chi connectivity index (χ2n) is 2.76. The molecular weight excluding hydrogens is 322 g/mol. The minimum Gasteiger partial charge on any atom is -0.253 e. The van der Waals surface area contributed by atoms with Gasteiger partial charge in [-0.2, -0.15) is 0 Å². The van der Waals surface area contributed by atoms with E-state index in [2.05, 4.69) is 30.9 Å². The van der Waals surface area contributed by atoms with Crippen molar-refractivity contribution in [2.75, 3.05) is 0 Å². The molecule has 3 nitrogen and oxygen atoms in total. The molecule has 0 aliphatic carbocycles. The Hall–Kier alpha value is -0.810. The summed E-state index contributed by atoms with van der Waals surface area (Å²) in [5.74, 6) is 0.662. The van der Waals surface area contributed by atoms with Crippen molar-refractivity contribution in [3.05, 3.63) is 42.4 Å². The highest BCUT2D eigenvalue weighted by molar-refractivity contribution is 9.08. The molecule has 2 heterocycles. The number of rotatable bonds is 2. The monoisotopic (exact) mass is 329 g/mol. The third kappa shape index (κ3) is 3.07. The van der Waals surface area contributed by atoms with Gasteiger partial charge in [0, 0.05) is 23.9 Å². The lowest BCUT2D eigenvalue weighted by molar-refractivity contribution is 1.11. The first-order valence-electron chi connectivity index (χ1n) is 4.18. The van der Waals surface area contributed by atoms with Crippen LogP contribution >= 0.6 is 32.9 Å². The predicted molar refractivity (Wildman–Crippen MR) is 68.2 cm³/mol. The Labute approximate surface area is 107 Å². The maximum atomic E-state index is 4.22. The van der Waals surface area contributed by atoms with Crippen LogP contribution in [0.5, 0.6) is 0 Å². The number of hydrogen-bond acceptors (Lipinski definition) is 3. The first kappa shape index (κ1) is 12.3. The predicted octanol–water partition coefficient (Wildman–Crippen LogP) is 3.01. The van der Waals surface area contributed by atoms with Crippen LogP contribution in [0.25, 0.3) is 11.5 Å².